The fourth-order valence-corrected chi connectivity index (χ4v) is 1.97. The Balaban J connectivity index is 0.00000242. The summed E-state index contributed by atoms with van der Waals surface area (Å²) in [5.41, 5.74) is 2.21. The lowest BCUT2D eigenvalue weighted by molar-refractivity contribution is 0.203. The van der Waals surface area contributed by atoms with Crippen LogP contribution >= 0.6 is 24.0 Å². The van der Waals surface area contributed by atoms with Crippen molar-refractivity contribution < 1.29 is 4.74 Å². The number of hydrogen-bond acceptors (Lipinski definition) is 3. The third-order valence-electron chi connectivity index (χ3n) is 3.01. The van der Waals surface area contributed by atoms with Gasteiger partial charge >= 0.3 is 0 Å². The summed E-state index contributed by atoms with van der Waals surface area (Å²) >= 11 is 0. The summed E-state index contributed by atoms with van der Waals surface area (Å²) in [6.45, 7) is 2.03. The monoisotopic (exact) mass is 415 g/mol. The van der Waals surface area contributed by atoms with Crippen LogP contribution in [-0.2, 0) is 11.3 Å². The number of ether oxygens (including phenoxy) is 1. The van der Waals surface area contributed by atoms with Gasteiger partial charge in [0.05, 0.1) is 12.3 Å². The lowest BCUT2D eigenvalue weighted by Crippen LogP contribution is -2.38. The maximum atomic E-state index is 5.01. The number of hydrogen-bond donors (Lipinski definition) is 2. The van der Waals surface area contributed by atoms with Gasteiger partial charge in [0.1, 0.15) is 0 Å². The van der Waals surface area contributed by atoms with Gasteiger partial charge in [-0.2, -0.15) is 5.10 Å². The number of para-hydroxylation sites is 1. The van der Waals surface area contributed by atoms with Gasteiger partial charge in [0.2, 0.25) is 0 Å². The van der Waals surface area contributed by atoms with E-state index in [0.29, 0.717) is 13.2 Å². The highest BCUT2D eigenvalue weighted by atomic mass is 127. The van der Waals surface area contributed by atoms with Gasteiger partial charge in [0.25, 0.3) is 0 Å². The number of rotatable bonds is 6. The highest BCUT2D eigenvalue weighted by Crippen LogP contribution is 2.12. The predicted molar refractivity (Wildman–Crippen MR) is 99.1 cm³/mol. The molecule has 0 bridgehead atoms. The smallest absolute Gasteiger partial charge is 0.191 e. The Bertz CT molecular complexity index is 571. The molecule has 1 heterocycles. The first-order valence-corrected chi connectivity index (χ1v) is 6.86. The molecule has 0 aliphatic rings. The second-order valence-electron chi connectivity index (χ2n) is 4.42. The van der Waals surface area contributed by atoms with Gasteiger partial charge in [-0.05, 0) is 17.7 Å². The van der Waals surface area contributed by atoms with Crippen LogP contribution in [-0.4, -0.2) is 43.0 Å². The second-order valence-corrected chi connectivity index (χ2v) is 4.42. The highest BCUT2D eigenvalue weighted by molar-refractivity contribution is 14.0. The van der Waals surface area contributed by atoms with Gasteiger partial charge in [0.15, 0.2) is 5.96 Å². The molecule has 0 aliphatic heterocycles. The summed E-state index contributed by atoms with van der Waals surface area (Å²) in [7, 11) is 3.43. The zero-order chi connectivity index (χ0) is 14.9. The van der Waals surface area contributed by atoms with E-state index in [0.717, 1.165) is 23.8 Å². The Morgan fingerprint density at radius 1 is 1.27 bits per heavy atom. The summed E-state index contributed by atoms with van der Waals surface area (Å²) in [5, 5.41) is 10.8. The van der Waals surface area contributed by atoms with E-state index >= 15 is 0 Å². The van der Waals surface area contributed by atoms with Crippen LogP contribution in [0.3, 0.4) is 0 Å². The predicted octanol–water partition coefficient (Wildman–Crippen LogP) is 1.80. The zero-order valence-corrected chi connectivity index (χ0v) is 15.2. The number of aromatic nitrogens is 2. The van der Waals surface area contributed by atoms with E-state index in [1.807, 2.05) is 35.1 Å². The molecule has 0 saturated carbocycles. The number of benzene rings is 1. The lowest BCUT2D eigenvalue weighted by atomic mass is 10.2. The van der Waals surface area contributed by atoms with Crippen molar-refractivity contribution in [2.45, 2.75) is 6.54 Å². The number of nitrogens with zero attached hydrogens (tertiary/aromatic N) is 3. The first kappa shape index (κ1) is 18.4. The molecule has 0 saturated heterocycles. The standard InChI is InChI=1S/C15H21N5O.HI/c1-16-15(17-9-11-21-2)18-12-13-6-3-4-7-14(13)20-10-5-8-19-20;/h3-8,10H,9,11-12H2,1-2H3,(H2,16,17,18);1H. The summed E-state index contributed by atoms with van der Waals surface area (Å²) in [4.78, 5) is 4.18. The van der Waals surface area contributed by atoms with E-state index in [4.69, 9.17) is 4.74 Å². The van der Waals surface area contributed by atoms with E-state index in [-0.39, 0.29) is 24.0 Å². The number of guanidine groups is 1. The molecule has 0 amide bonds. The van der Waals surface area contributed by atoms with Crippen molar-refractivity contribution in [2.75, 3.05) is 27.3 Å². The van der Waals surface area contributed by atoms with Crippen LogP contribution in [0.25, 0.3) is 5.69 Å². The minimum Gasteiger partial charge on any atom is -0.383 e. The summed E-state index contributed by atoms with van der Waals surface area (Å²) in [6, 6.07) is 10.1. The summed E-state index contributed by atoms with van der Waals surface area (Å²) in [5.74, 6) is 0.752. The molecule has 0 radical (unpaired) electrons. The number of methoxy groups -OCH3 is 1. The molecular weight excluding hydrogens is 393 g/mol. The normalized spacial score (nSPS) is 10.9. The molecule has 0 spiro atoms. The zero-order valence-electron chi connectivity index (χ0n) is 12.8. The summed E-state index contributed by atoms with van der Waals surface area (Å²) in [6.07, 6.45) is 3.71. The van der Waals surface area contributed by atoms with Crippen molar-refractivity contribution in [1.82, 2.24) is 20.4 Å². The molecule has 1 aromatic heterocycles. The SMILES string of the molecule is CN=C(NCCOC)NCc1ccccc1-n1cccn1.I. The number of nitrogens with one attached hydrogen (secondary N) is 2. The van der Waals surface area contributed by atoms with Gasteiger partial charge in [-0.15, -0.1) is 24.0 Å². The Morgan fingerprint density at radius 3 is 2.77 bits per heavy atom. The molecule has 2 rings (SSSR count). The fraction of sp³-hybridized carbons (Fsp3) is 0.333. The first-order chi connectivity index (χ1) is 10.3. The van der Waals surface area contributed by atoms with E-state index < -0.39 is 0 Å². The quantitative estimate of drug-likeness (QED) is 0.327. The van der Waals surface area contributed by atoms with Gasteiger partial charge in [-0.1, -0.05) is 18.2 Å². The third-order valence-corrected chi connectivity index (χ3v) is 3.01. The minimum absolute atomic E-state index is 0. The average Bonchev–Trinajstić information content (AvgIpc) is 3.05. The molecule has 0 atom stereocenters. The van der Waals surface area contributed by atoms with Crippen LogP contribution < -0.4 is 10.6 Å². The van der Waals surface area contributed by atoms with Crippen LogP contribution in [0.4, 0.5) is 0 Å². The summed E-state index contributed by atoms with van der Waals surface area (Å²) < 4.78 is 6.87. The van der Waals surface area contributed by atoms with E-state index in [2.05, 4.69) is 26.8 Å². The maximum absolute atomic E-state index is 5.01. The molecule has 6 nitrogen and oxygen atoms in total. The van der Waals surface area contributed by atoms with Crippen molar-refractivity contribution in [3.8, 4) is 5.69 Å². The lowest BCUT2D eigenvalue weighted by Gasteiger charge is -2.14. The van der Waals surface area contributed by atoms with Gasteiger partial charge in [-0.3, -0.25) is 4.99 Å². The molecule has 2 N–H and O–H groups in total. The minimum atomic E-state index is 0. The van der Waals surface area contributed by atoms with Crippen LogP contribution in [0.2, 0.25) is 0 Å². The topological polar surface area (TPSA) is 63.5 Å². The molecular formula is C15H22IN5O. The molecule has 120 valence electrons. The Kier molecular flexibility index (Phi) is 8.53. The molecule has 22 heavy (non-hydrogen) atoms. The largest absolute Gasteiger partial charge is 0.383 e. The fourth-order valence-electron chi connectivity index (χ4n) is 1.97. The Morgan fingerprint density at radius 2 is 2.09 bits per heavy atom. The van der Waals surface area contributed by atoms with Crippen molar-refractivity contribution in [3.05, 3.63) is 48.3 Å². The molecule has 0 aliphatic carbocycles. The Hall–Kier alpha value is -1.61. The van der Waals surface area contributed by atoms with Crippen LogP contribution in [0, 0.1) is 0 Å². The molecule has 0 unspecified atom stereocenters. The number of aliphatic imine (C=N–C) groups is 1. The van der Waals surface area contributed by atoms with Crippen molar-refractivity contribution >= 4 is 29.9 Å². The van der Waals surface area contributed by atoms with Gasteiger partial charge in [-0.25, -0.2) is 4.68 Å². The van der Waals surface area contributed by atoms with Crippen LogP contribution in [0.5, 0.6) is 0 Å². The van der Waals surface area contributed by atoms with Crippen LogP contribution in [0.1, 0.15) is 5.56 Å². The van der Waals surface area contributed by atoms with Crippen molar-refractivity contribution in [3.63, 3.8) is 0 Å². The third kappa shape index (κ3) is 5.30. The molecule has 1 aromatic carbocycles. The molecule has 0 fully saturated rings. The van der Waals surface area contributed by atoms with Gasteiger partial charge < -0.3 is 15.4 Å². The molecule has 7 heteroatoms. The van der Waals surface area contributed by atoms with E-state index in [1.54, 1.807) is 20.4 Å². The number of halogens is 1. The average molecular weight is 415 g/mol. The first-order valence-electron chi connectivity index (χ1n) is 6.86. The van der Waals surface area contributed by atoms with E-state index in [1.165, 1.54) is 0 Å². The van der Waals surface area contributed by atoms with Crippen molar-refractivity contribution in [2.24, 2.45) is 4.99 Å². The highest BCUT2D eigenvalue weighted by Gasteiger charge is 2.05. The van der Waals surface area contributed by atoms with Crippen LogP contribution in [0.15, 0.2) is 47.7 Å². The Labute approximate surface area is 148 Å². The second kappa shape index (κ2) is 10.2. The molecule has 2 aromatic rings. The van der Waals surface area contributed by atoms with E-state index in [9.17, 15) is 0 Å². The maximum Gasteiger partial charge on any atom is 0.191 e. The van der Waals surface area contributed by atoms with Crippen molar-refractivity contribution in [1.29, 1.82) is 0 Å². The van der Waals surface area contributed by atoms with Gasteiger partial charge in [0, 0.05) is 39.6 Å².